The van der Waals surface area contributed by atoms with Gasteiger partial charge in [0.25, 0.3) is 0 Å². The lowest BCUT2D eigenvalue weighted by atomic mass is 11.0. The average molecular weight is 160 g/mol. The molecule has 1 aromatic rings. The van der Waals surface area contributed by atoms with Gasteiger partial charge in [0, 0.05) is 7.05 Å². The maximum atomic E-state index is 10.6. The molecule has 1 N–H and O–H groups in total. The van der Waals surface area contributed by atoms with Crippen molar-refractivity contribution >= 4 is 19.5 Å². The summed E-state index contributed by atoms with van der Waals surface area (Å²) >= 11 is 0. The van der Waals surface area contributed by atoms with E-state index in [0.717, 1.165) is 4.68 Å². The Labute approximate surface area is 64.9 Å². The predicted molar refractivity (Wildman–Crippen MR) is 40.3 cm³/mol. The van der Waals surface area contributed by atoms with Crippen LogP contribution in [0.1, 0.15) is 0 Å². The Hall–Kier alpha value is -1.04. The number of nitrogens with one attached hydrogen (secondary N) is 1. The summed E-state index contributed by atoms with van der Waals surface area (Å²) in [5.41, 5.74) is 0. The van der Waals surface area contributed by atoms with E-state index in [0.29, 0.717) is 0 Å². The van der Waals surface area contributed by atoms with Gasteiger partial charge in [-0.2, -0.15) is 23.3 Å². The molecule has 1 rings (SSSR count). The van der Waals surface area contributed by atoms with E-state index in [2.05, 4.69) is 15.4 Å². The Balaban J connectivity index is 0.000000810. The number of rotatable bonds is 0. The zero-order valence-electron chi connectivity index (χ0n) is 5.40. The van der Waals surface area contributed by atoms with E-state index in [1.165, 1.54) is 19.7 Å². The standard InChI is InChI=1S/C4H6N4O.H2S/c1-5-4(9)8-3-6-2-7-8;/h2-3H,1H3,(H,5,9);1H2. The van der Waals surface area contributed by atoms with Crippen LogP contribution >= 0.6 is 13.5 Å². The van der Waals surface area contributed by atoms with Gasteiger partial charge in [-0.1, -0.05) is 0 Å². The molecule has 0 aliphatic rings. The minimum atomic E-state index is -0.285. The molecule has 0 saturated heterocycles. The molecule has 0 saturated carbocycles. The Morgan fingerprint density at radius 1 is 1.70 bits per heavy atom. The maximum Gasteiger partial charge on any atom is 0.343 e. The largest absolute Gasteiger partial charge is 0.343 e. The van der Waals surface area contributed by atoms with Crippen molar-refractivity contribution in [2.75, 3.05) is 7.05 Å². The SMILES string of the molecule is CNC(=O)n1cncn1.S. The van der Waals surface area contributed by atoms with Crippen molar-refractivity contribution in [1.29, 1.82) is 0 Å². The summed E-state index contributed by atoms with van der Waals surface area (Å²) in [7, 11) is 1.53. The number of hydrogen-bond acceptors (Lipinski definition) is 3. The van der Waals surface area contributed by atoms with Crippen molar-refractivity contribution in [1.82, 2.24) is 20.1 Å². The summed E-state index contributed by atoms with van der Waals surface area (Å²) in [5, 5.41) is 5.97. The second kappa shape index (κ2) is 3.89. The van der Waals surface area contributed by atoms with E-state index in [4.69, 9.17) is 0 Å². The highest BCUT2D eigenvalue weighted by Crippen LogP contribution is 1.75. The Kier molecular flexibility index (Phi) is 3.48. The van der Waals surface area contributed by atoms with Gasteiger partial charge in [0.05, 0.1) is 0 Å². The molecular formula is C4H8N4OS. The van der Waals surface area contributed by atoms with Crippen LogP contribution in [0.15, 0.2) is 12.7 Å². The van der Waals surface area contributed by atoms with Gasteiger partial charge in [0.15, 0.2) is 0 Å². The van der Waals surface area contributed by atoms with Gasteiger partial charge in [-0.15, -0.1) is 0 Å². The predicted octanol–water partition coefficient (Wildman–Crippen LogP) is -0.422. The van der Waals surface area contributed by atoms with Crippen LogP contribution in [0.5, 0.6) is 0 Å². The van der Waals surface area contributed by atoms with Crippen LogP contribution in [0.25, 0.3) is 0 Å². The normalized spacial score (nSPS) is 8.10. The molecule has 1 heterocycles. The molecule has 0 aliphatic heterocycles. The van der Waals surface area contributed by atoms with Crippen molar-refractivity contribution in [3.63, 3.8) is 0 Å². The zero-order chi connectivity index (χ0) is 6.69. The summed E-state index contributed by atoms with van der Waals surface area (Å²) in [6, 6.07) is -0.285. The smallest absolute Gasteiger partial charge is 0.339 e. The van der Waals surface area contributed by atoms with Crippen LogP contribution < -0.4 is 5.32 Å². The zero-order valence-corrected chi connectivity index (χ0v) is 6.40. The monoisotopic (exact) mass is 160 g/mol. The molecule has 0 unspecified atom stereocenters. The van der Waals surface area contributed by atoms with Crippen molar-refractivity contribution in [3.05, 3.63) is 12.7 Å². The van der Waals surface area contributed by atoms with Gasteiger partial charge in [-0.25, -0.2) is 9.78 Å². The highest BCUT2D eigenvalue weighted by atomic mass is 32.1. The minimum absolute atomic E-state index is 0. The van der Waals surface area contributed by atoms with Gasteiger partial charge in [0.2, 0.25) is 0 Å². The van der Waals surface area contributed by atoms with Crippen LogP contribution in [0, 0.1) is 0 Å². The Bertz CT molecular complexity index is 197. The van der Waals surface area contributed by atoms with Gasteiger partial charge in [0.1, 0.15) is 12.7 Å². The number of amides is 1. The van der Waals surface area contributed by atoms with Crippen LogP contribution in [0.4, 0.5) is 4.79 Å². The van der Waals surface area contributed by atoms with E-state index in [1.807, 2.05) is 0 Å². The molecule has 56 valence electrons. The second-order valence-electron chi connectivity index (χ2n) is 1.40. The summed E-state index contributed by atoms with van der Waals surface area (Å²) in [6.07, 6.45) is 2.63. The number of hydrogen-bond donors (Lipinski definition) is 1. The van der Waals surface area contributed by atoms with Crippen LogP contribution in [0.3, 0.4) is 0 Å². The van der Waals surface area contributed by atoms with E-state index in [9.17, 15) is 4.79 Å². The summed E-state index contributed by atoms with van der Waals surface area (Å²) in [4.78, 5) is 14.2. The average Bonchev–Trinajstić information content (AvgIpc) is 2.37. The quantitative estimate of drug-likeness (QED) is 0.560. The van der Waals surface area contributed by atoms with Gasteiger partial charge >= 0.3 is 6.03 Å². The molecule has 0 fully saturated rings. The fraction of sp³-hybridized carbons (Fsp3) is 0.250. The lowest BCUT2D eigenvalue weighted by molar-refractivity contribution is 0.241. The summed E-state index contributed by atoms with van der Waals surface area (Å²) < 4.78 is 1.11. The first-order chi connectivity index (χ1) is 4.34. The molecule has 10 heavy (non-hydrogen) atoms. The second-order valence-corrected chi connectivity index (χ2v) is 1.40. The first-order valence-corrected chi connectivity index (χ1v) is 2.41. The fourth-order valence-electron chi connectivity index (χ4n) is 0.428. The Morgan fingerprint density at radius 2 is 2.40 bits per heavy atom. The van der Waals surface area contributed by atoms with Crippen molar-refractivity contribution in [2.24, 2.45) is 0 Å². The Morgan fingerprint density at radius 3 is 2.80 bits per heavy atom. The molecule has 6 heteroatoms. The van der Waals surface area contributed by atoms with Crippen molar-refractivity contribution in [2.45, 2.75) is 0 Å². The number of carbonyl (C=O) groups excluding carboxylic acids is 1. The molecular weight excluding hydrogens is 152 g/mol. The van der Waals surface area contributed by atoms with E-state index >= 15 is 0 Å². The maximum absolute atomic E-state index is 10.6. The van der Waals surface area contributed by atoms with Crippen LogP contribution in [-0.4, -0.2) is 27.8 Å². The molecule has 0 spiro atoms. The van der Waals surface area contributed by atoms with Crippen LogP contribution in [0.2, 0.25) is 0 Å². The van der Waals surface area contributed by atoms with Crippen molar-refractivity contribution in [3.8, 4) is 0 Å². The molecule has 1 aromatic heterocycles. The van der Waals surface area contributed by atoms with E-state index in [-0.39, 0.29) is 19.5 Å². The summed E-state index contributed by atoms with van der Waals surface area (Å²) in [6.45, 7) is 0. The molecule has 0 aromatic carbocycles. The highest BCUT2D eigenvalue weighted by molar-refractivity contribution is 7.59. The minimum Gasteiger partial charge on any atom is -0.339 e. The fourth-order valence-corrected chi connectivity index (χ4v) is 0.428. The first kappa shape index (κ1) is 8.96. The van der Waals surface area contributed by atoms with Crippen LogP contribution in [-0.2, 0) is 0 Å². The molecule has 0 radical (unpaired) electrons. The highest BCUT2D eigenvalue weighted by Gasteiger charge is 1.97. The molecule has 1 amide bonds. The van der Waals surface area contributed by atoms with Gasteiger partial charge < -0.3 is 5.32 Å². The van der Waals surface area contributed by atoms with Gasteiger partial charge in [-0.3, -0.25) is 0 Å². The molecule has 0 aliphatic carbocycles. The number of aromatic nitrogens is 3. The third-order valence-electron chi connectivity index (χ3n) is 0.841. The van der Waals surface area contributed by atoms with Gasteiger partial charge in [-0.05, 0) is 0 Å². The van der Waals surface area contributed by atoms with E-state index in [1.54, 1.807) is 0 Å². The third-order valence-corrected chi connectivity index (χ3v) is 0.841. The number of carbonyl (C=O) groups is 1. The summed E-state index contributed by atoms with van der Waals surface area (Å²) in [5.74, 6) is 0. The molecule has 0 bridgehead atoms. The molecule has 0 atom stereocenters. The third kappa shape index (κ3) is 1.73. The topological polar surface area (TPSA) is 59.8 Å². The molecule has 5 nitrogen and oxygen atoms in total. The van der Waals surface area contributed by atoms with Crippen molar-refractivity contribution < 1.29 is 4.79 Å². The lowest BCUT2D eigenvalue weighted by Crippen LogP contribution is -2.24. The number of nitrogens with zero attached hydrogens (tertiary/aromatic N) is 3. The van der Waals surface area contributed by atoms with E-state index < -0.39 is 0 Å². The lowest BCUT2D eigenvalue weighted by Gasteiger charge is -1.93. The first-order valence-electron chi connectivity index (χ1n) is 2.41.